The van der Waals surface area contributed by atoms with Crippen LogP contribution in [0, 0.1) is 0 Å². The van der Waals surface area contributed by atoms with Gasteiger partial charge in [-0.3, -0.25) is 29.5 Å². The maximum atomic E-state index is 13.4. The van der Waals surface area contributed by atoms with Crippen molar-refractivity contribution in [3.05, 3.63) is 124 Å². The quantitative estimate of drug-likeness (QED) is 0.211. The highest BCUT2D eigenvalue weighted by molar-refractivity contribution is 6.05. The molecule has 0 bridgehead atoms. The number of likely N-dealkylation sites (tertiary alicyclic amines) is 1. The van der Waals surface area contributed by atoms with Crippen LogP contribution in [0.3, 0.4) is 0 Å². The van der Waals surface area contributed by atoms with Gasteiger partial charge in [-0.25, -0.2) is 0 Å². The van der Waals surface area contributed by atoms with Crippen LogP contribution >= 0.6 is 0 Å². The lowest BCUT2D eigenvalue weighted by molar-refractivity contribution is -0.136. The van der Waals surface area contributed by atoms with E-state index in [1.54, 1.807) is 4.90 Å². The number of benzene rings is 4. The molecule has 9 rings (SSSR count). The summed E-state index contributed by atoms with van der Waals surface area (Å²) in [6.07, 6.45) is 4.96. The Bertz CT molecular complexity index is 2070. The largest absolute Gasteiger partial charge is 0.508 e. The Kier molecular flexibility index (Phi) is 10.2. The van der Waals surface area contributed by atoms with Crippen molar-refractivity contribution < 1.29 is 24.2 Å². The molecule has 4 heterocycles. The van der Waals surface area contributed by atoms with Crippen molar-refractivity contribution in [2.24, 2.45) is 0 Å². The van der Waals surface area contributed by atoms with Gasteiger partial charge in [0.05, 0.1) is 0 Å². The molecule has 4 aromatic rings. The smallest absolute Gasteiger partial charge is 0.255 e. The minimum absolute atomic E-state index is 0.119. The highest BCUT2D eigenvalue weighted by Gasteiger charge is 2.39. The van der Waals surface area contributed by atoms with Crippen LogP contribution in [-0.4, -0.2) is 102 Å². The Morgan fingerprint density at radius 1 is 0.732 bits per heavy atom. The predicted molar refractivity (Wildman–Crippen MR) is 215 cm³/mol. The number of hydrogen-bond donors (Lipinski definition) is 2. The number of rotatable bonds is 9. The molecule has 3 fully saturated rings. The summed E-state index contributed by atoms with van der Waals surface area (Å²) in [5.74, 6) is 1.08. The standard InChI is InChI=1S/C46H51N5O5/c52-37-11-15-40-33(28-37)9-14-39(31-4-2-1-3-5-31)44(40)32-7-12-38(13-8-32)56-27-26-48-20-18-35(19-21-48)49-22-24-50(25-23-49)36-10-6-34-30-51(46(55)41(34)29-36)42-16-17-43(53)47-45(42)54/h1-8,10-13,15,28-29,35,39,42,44,52H,9,14,16-27,30H2,(H,47,53,54)/t39-,42?,44+/m1/s1. The molecule has 0 aromatic heterocycles. The number of amides is 3. The van der Waals surface area contributed by atoms with Crippen molar-refractivity contribution in [2.45, 2.75) is 69.0 Å². The zero-order valence-corrected chi connectivity index (χ0v) is 31.9. The molecule has 10 nitrogen and oxygen atoms in total. The summed E-state index contributed by atoms with van der Waals surface area (Å²) in [5, 5.41) is 12.6. The van der Waals surface area contributed by atoms with Gasteiger partial charge in [-0.1, -0.05) is 54.6 Å². The average Bonchev–Trinajstić information content (AvgIpc) is 3.56. The Balaban J connectivity index is 0.736. The molecule has 10 heteroatoms. The molecule has 3 saturated heterocycles. The molecule has 3 amide bonds. The predicted octanol–water partition coefficient (Wildman–Crippen LogP) is 5.68. The van der Waals surface area contributed by atoms with E-state index in [0.29, 0.717) is 42.8 Å². The fourth-order valence-corrected chi connectivity index (χ4v) is 9.93. The Morgan fingerprint density at radius 3 is 2.29 bits per heavy atom. The number of nitrogens with one attached hydrogen (secondary N) is 1. The molecule has 0 spiro atoms. The Morgan fingerprint density at radius 2 is 1.52 bits per heavy atom. The van der Waals surface area contributed by atoms with Gasteiger partial charge in [0.2, 0.25) is 11.8 Å². The summed E-state index contributed by atoms with van der Waals surface area (Å²) in [6, 6.07) is 31.5. The first-order valence-corrected chi connectivity index (χ1v) is 20.5. The number of anilines is 1. The Hall–Kier alpha value is -5.19. The Labute approximate surface area is 329 Å². The number of carbonyl (C=O) groups excluding carboxylic acids is 3. The van der Waals surface area contributed by atoms with Gasteiger partial charge in [-0.15, -0.1) is 0 Å². The molecule has 4 aromatic carbocycles. The lowest BCUT2D eigenvalue weighted by Gasteiger charge is -2.43. The molecule has 3 atom stereocenters. The second-order valence-corrected chi connectivity index (χ2v) is 16.2. The molecular formula is C46H51N5O5. The maximum Gasteiger partial charge on any atom is 0.255 e. The van der Waals surface area contributed by atoms with Gasteiger partial charge in [-0.2, -0.15) is 0 Å². The number of ether oxygens (including phenoxy) is 1. The van der Waals surface area contributed by atoms with E-state index in [1.807, 2.05) is 24.3 Å². The third kappa shape index (κ3) is 7.40. The molecular weight excluding hydrogens is 703 g/mol. The summed E-state index contributed by atoms with van der Waals surface area (Å²) >= 11 is 0. The number of fused-ring (bicyclic) bond motifs is 2. The van der Waals surface area contributed by atoms with E-state index < -0.39 is 6.04 Å². The zero-order valence-electron chi connectivity index (χ0n) is 31.9. The lowest BCUT2D eigenvalue weighted by Crippen LogP contribution is -2.53. The van der Waals surface area contributed by atoms with Crippen molar-refractivity contribution in [3.63, 3.8) is 0 Å². The van der Waals surface area contributed by atoms with Crippen LogP contribution in [-0.2, 0) is 22.6 Å². The molecule has 2 N–H and O–H groups in total. The minimum atomic E-state index is -0.589. The van der Waals surface area contributed by atoms with Gasteiger partial charge in [0.15, 0.2) is 0 Å². The first-order chi connectivity index (χ1) is 27.4. The fraction of sp³-hybridized carbons (Fsp3) is 0.413. The van der Waals surface area contributed by atoms with Crippen molar-refractivity contribution in [1.29, 1.82) is 0 Å². The third-order valence-electron chi connectivity index (χ3n) is 13.0. The molecule has 5 aliphatic rings. The van der Waals surface area contributed by atoms with E-state index in [-0.39, 0.29) is 30.1 Å². The molecule has 0 radical (unpaired) electrons. The average molecular weight is 754 g/mol. The number of piperazine rings is 1. The van der Waals surface area contributed by atoms with Crippen LogP contribution in [0.25, 0.3) is 0 Å². The lowest BCUT2D eigenvalue weighted by atomic mass is 9.69. The molecule has 290 valence electrons. The molecule has 0 saturated carbocycles. The second kappa shape index (κ2) is 15.7. The van der Waals surface area contributed by atoms with Crippen LogP contribution in [0.5, 0.6) is 11.5 Å². The van der Waals surface area contributed by atoms with Crippen LogP contribution in [0.4, 0.5) is 5.69 Å². The van der Waals surface area contributed by atoms with E-state index in [1.165, 1.54) is 22.3 Å². The monoisotopic (exact) mass is 753 g/mol. The molecule has 1 unspecified atom stereocenters. The number of imide groups is 1. The van der Waals surface area contributed by atoms with Crippen molar-refractivity contribution in [3.8, 4) is 11.5 Å². The summed E-state index contributed by atoms with van der Waals surface area (Å²) in [5.41, 5.74) is 7.86. The van der Waals surface area contributed by atoms with Crippen LogP contribution in [0.15, 0.2) is 91.0 Å². The van der Waals surface area contributed by atoms with Gasteiger partial charge in [-0.05, 0) is 115 Å². The molecule has 1 aliphatic carbocycles. The second-order valence-electron chi connectivity index (χ2n) is 16.2. The highest BCUT2D eigenvalue weighted by atomic mass is 16.5. The SMILES string of the molecule is O=C1CCC(N2Cc3ccc(N4CCN(C5CCN(CCOc6ccc([C@@H]7c8ccc(O)cc8CC[C@@H]7c7ccccc7)cc6)CC5)CC4)cc3C2=O)C(=O)N1. The maximum absolute atomic E-state index is 13.4. The van der Waals surface area contributed by atoms with Crippen molar-refractivity contribution in [1.82, 2.24) is 20.0 Å². The first kappa shape index (κ1) is 36.4. The minimum Gasteiger partial charge on any atom is -0.508 e. The van der Waals surface area contributed by atoms with Crippen LogP contribution in [0.1, 0.15) is 82.1 Å². The first-order valence-electron chi connectivity index (χ1n) is 20.5. The van der Waals surface area contributed by atoms with E-state index in [2.05, 4.69) is 86.7 Å². The third-order valence-corrected chi connectivity index (χ3v) is 13.0. The van der Waals surface area contributed by atoms with Crippen molar-refractivity contribution in [2.75, 3.05) is 57.3 Å². The van der Waals surface area contributed by atoms with E-state index in [9.17, 15) is 19.5 Å². The number of hydrogen-bond acceptors (Lipinski definition) is 8. The fourth-order valence-electron chi connectivity index (χ4n) is 9.93. The van der Waals surface area contributed by atoms with Crippen molar-refractivity contribution >= 4 is 23.4 Å². The van der Waals surface area contributed by atoms with Gasteiger partial charge in [0.25, 0.3) is 5.91 Å². The normalized spacial score (nSPS) is 23.5. The van der Waals surface area contributed by atoms with E-state index in [4.69, 9.17) is 4.74 Å². The van der Waals surface area contributed by atoms with Gasteiger partial charge >= 0.3 is 0 Å². The number of aromatic hydroxyl groups is 1. The molecule has 56 heavy (non-hydrogen) atoms. The summed E-state index contributed by atoms with van der Waals surface area (Å²) < 4.78 is 6.28. The summed E-state index contributed by atoms with van der Waals surface area (Å²) in [6.45, 7) is 7.96. The summed E-state index contributed by atoms with van der Waals surface area (Å²) in [4.78, 5) is 46.6. The number of piperidine rings is 2. The van der Waals surface area contributed by atoms with Crippen LogP contribution < -0.4 is 15.0 Å². The summed E-state index contributed by atoms with van der Waals surface area (Å²) in [7, 11) is 0. The van der Waals surface area contributed by atoms with E-state index >= 15 is 0 Å². The van der Waals surface area contributed by atoms with Gasteiger partial charge in [0, 0.05) is 68.9 Å². The topological polar surface area (TPSA) is 106 Å². The number of phenolic OH excluding ortho intramolecular Hbond substituents is 1. The van der Waals surface area contributed by atoms with Gasteiger partial charge < -0.3 is 19.6 Å². The zero-order chi connectivity index (χ0) is 38.2. The number of aryl methyl sites for hydroxylation is 1. The highest BCUT2D eigenvalue weighted by Crippen LogP contribution is 2.47. The molecule has 4 aliphatic heterocycles. The number of phenols is 1. The number of carbonyl (C=O) groups is 3. The van der Waals surface area contributed by atoms with Gasteiger partial charge in [0.1, 0.15) is 24.1 Å². The van der Waals surface area contributed by atoms with E-state index in [0.717, 1.165) is 88.5 Å². The van der Waals surface area contributed by atoms with Crippen LogP contribution in [0.2, 0.25) is 0 Å². The number of nitrogens with zero attached hydrogens (tertiary/aromatic N) is 4.